The first-order valence-corrected chi connectivity index (χ1v) is 9.58. The third-order valence-electron chi connectivity index (χ3n) is 5.38. The molecule has 2 atom stereocenters. The van der Waals surface area contributed by atoms with Gasteiger partial charge < -0.3 is 14.7 Å². The maximum Gasteiger partial charge on any atom is 0.257 e. The predicted octanol–water partition coefficient (Wildman–Crippen LogP) is 2.54. The number of ether oxygens (including phenoxy) is 1. The van der Waals surface area contributed by atoms with Crippen molar-refractivity contribution in [3.63, 3.8) is 0 Å². The van der Waals surface area contributed by atoms with Crippen LogP contribution >= 0.6 is 0 Å². The molecule has 0 aliphatic carbocycles. The lowest BCUT2D eigenvalue weighted by atomic mass is 10.0. The Morgan fingerprint density at radius 2 is 2.04 bits per heavy atom. The van der Waals surface area contributed by atoms with Crippen LogP contribution in [-0.4, -0.2) is 65.7 Å². The number of piperidine rings is 2. The molecule has 0 spiro atoms. The van der Waals surface area contributed by atoms with E-state index in [1.807, 2.05) is 24.3 Å². The number of aliphatic hydroxyl groups excluding tert-OH is 1. The van der Waals surface area contributed by atoms with Gasteiger partial charge in [-0.2, -0.15) is 0 Å². The van der Waals surface area contributed by atoms with Crippen LogP contribution in [0.3, 0.4) is 0 Å². The molecule has 5 nitrogen and oxygen atoms in total. The number of aliphatic hydroxyl groups is 1. The largest absolute Gasteiger partial charge is 0.491 e. The minimum Gasteiger partial charge on any atom is -0.491 e. The lowest BCUT2D eigenvalue weighted by molar-refractivity contribution is 0.0469. The number of hydrogen-bond donors (Lipinski definition) is 1. The average Bonchev–Trinajstić information content (AvgIpc) is 2.63. The second-order valence-electron chi connectivity index (χ2n) is 7.27. The molecular weight excluding hydrogens is 316 g/mol. The summed E-state index contributed by atoms with van der Waals surface area (Å²) >= 11 is 0. The molecule has 2 heterocycles. The molecule has 138 valence electrons. The highest BCUT2D eigenvalue weighted by molar-refractivity contribution is 5.97. The first-order chi connectivity index (χ1) is 12.1. The summed E-state index contributed by atoms with van der Waals surface area (Å²) in [4.78, 5) is 17.0. The van der Waals surface area contributed by atoms with Crippen LogP contribution in [0.2, 0.25) is 0 Å². The third kappa shape index (κ3) is 4.73. The van der Waals surface area contributed by atoms with E-state index in [9.17, 15) is 9.90 Å². The molecule has 2 aliphatic rings. The summed E-state index contributed by atoms with van der Waals surface area (Å²) in [6.07, 6.45) is 5.05. The van der Waals surface area contributed by atoms with E-state index in [4.69, 9.17) is 4.74 Å². The molecular formula is C20H30N2O3. The topological polar surface area (TPSA) is 53.0 Å². The molecule has 5 heteroatoms. The van der Waals surface area contributed by atoms with E-state index in [1.54, 1.807) is 4.90 Å². The number of hydrogen-bond acceptors (Lipinski definition) is 4. The van der Waals surface area contributed by atoms with Gasteiger partial charge in [-0.1, -0.05) is 18.6 Å². The predicted molar refractivity (Wildman–Crippen MR) is 98.0 cm³/mol. The Balaban J connectivity index is 1.59. The molecule has 1 aromatic rings. The van der Waals surface area contributed by atoms with Gasteiger partial charge in [-0.05, 0) is 51.3 Å². The number of carbonyl (C=O) groups is 1. The van der Waals surface area contributed by atoms with Crippen LogP contribution in [0.5, 0.6) is 5.75 Å². The van der Waals surface area contributed by atoms with Crippen LogP contribution in [0.1, 0.15) is 49.4 Å². The van der Waals surface area contributed by atoms with Gasteiger partial charge in [-0.25, -0.2) is 0 Å². The molecule has 2 aliphatic heterocycles. The van der Waals surface area contributed by atoms with Gasteiger partial charge >= 0.3 is 0 Å². The Morgan fingerprint density at radius 3 is 2.84 bits per heavy atom. The zero-order valence-corrected chi connectivity index (χ0v) is 15.2. The van der Waals surface area contributed by atoms with Gasteiger partial charge in [0, 0.05) is 25.7 Å². The van der Waals surface area contributed by atoms with Crippen molar-refractivity contribution in [2.24, 2.45) is 0 Å². The Morgan fingerprint density at radius 1 is 1.20 bits per heavy atom. The van der Waals surface area contributed by atoms with Gasteiger partial charge in [0.05, 0.1) is 11.7 Å². The summed E-state index contributed by atoms with van der Waals surface area (Å²) in [5, 5.41) is 9.82. The maximum atomic E-state index is 12.8. The number of likely N-dealkylation sites (tertiary alicyclic amines) is 2. The molecule has 1 aromatic carbocycles. The van der Waals surface area contributed by atoms with Crippen molar-refractivity contribution >= 4 is 5.91 Å². The highest BCUT2D eigenvalue weighted by Crippen LogP contribution is 2.22. The van der Waals surface area contributed by atoms with Gasteiger partial charge in [0.1, 0.15) is 12.4 Å². The van der Waals surface area contributed by atoms with Crippen LogP contribution < -0.4 is 4.74 Å². The molecule has 0 radical (unpaired) electrons. The number of nitrogens with zero attached hydrogens (tertiary/aromatic N) is 2. The average molecular weight is 346 g/mol. The number of amides is 1. The number of β-amino-alcohol motifs (C(OH)–C–C–N with tert-alkyl or cyclic N) is 1. The summed E-state index contributed by atoms with van der Waals surface area (Å²) in [5.74, 6) is 0.609. The molecule has 0 aromatic heterocycles. The fourth-order valence-corrected chi connectivity index (χ4v) is 3.84. The second kappa shape index (κ2) is 8.68. The molecule has 0 unspecified atom stereocenters. The van der Waals surface area contributed by atoms with Gasteiger partial charge in [0.25, 0.3) is 5.91 Å². The monoisotopic (exact) mass is 346 g/mol. The number of para-hydroxylation sites is 1. The van der Waals surface area contributed by atoms with Gasteiger partial charge in [-0.3, -0.25) is 9.69 Å². The van der Waals surface area contributed by atoms with E-state index in [2.05, 4.69) is 11.8 Å². The zero-order chi connectivity index (χ0) is 17.6. The second-order valence-corrected chi connectivity index (χ2v) is 7.27. The van der Waals surface area contributed by atoms with Crippen LogP contribution in [-0.2, 0) is 0 Å². The summed E-state index contributed by atoms with van der Waals surface area (Å²) in [6, 6.07) is 8.08. The molecule has 1 N–H and O–H groups in total. The molecule has 25 heavy (non-hydrogen) atoms. The van der Waals surface area contributed by atoms with Crippen molar-refractivity contribution in [3.8, 4) is 5.75 Å². The third-order valence-corrected chi connectivity index (χ3v) is 5.38. The number of rotatable bonds is 5. The fourth-order valence-electron chi connectivity index (χ4n) is 3.84. The number of carbonyl (C=O) groups excluding carboxylic acids is 1. The first kappa shape index (κ1) is 18.2. The summed E-state index contributed by atoms with van der Waals surface area (Å²) in [5.41, 5.74) is 0.600. The molecule has 2 fully saturated rings. The molecule has 0 saturated carbocycles. The normalized spacial score (nSPS) is 25.0. The molecule has 0 bridgehead atoms. The Kier molecular flexibility index (Phi) is 6.32. The SMILES string of the molecule is C[C@H]1CCCCN1CCOc1ccccc1C(=O)N1CCC[C@@H](O)C1. The van der Waals surface area contributed by atoms with Crippen molar-refractivity contribution in [2.75, 3.05) is 32.8 Å². The minimum absolute atomic E-state index is 0.0410. The fraction of sp³-hybridized carbons (Fsp3) is 0.650. The van der Waals surface area contributed by atoms with Gasteiger partial charge in [0.2, 0.25) is 0 Å². The van der Waals surface area contributed by atoms with Crippen LogP contribution in [0.4, 0.5) is 0 Å². The van der Waals surface area contributed by atoms with Crippen molar-refractivity contribution in [3.05, 3.63) is 29.8 Å². The molecule has 3 rings (SSSR count). The van der Waals surface area contributed by atoms with Crippen molar-refractivity contribution in [1.29, 1.82) is 0 Å². The summed E-state index contributed by atoms with van der Waals surface area (Å²) < 4.78 is 5.98. The summed E-state index contributed by atoms with van der Waals surface area (Å²) in [7, 11) is 0. The zero-order valence-electron chi connectivity index (χ0n) is 15.2. The Bertz CT molecular complexity index is 578. The van der Waals surface area contributed by atoms with Crippen LogP contribution in [0, 0.1) is 0 Å². The van der Waals surface area contributed by atoms with E-state index in [-0.39, 0.29) is 5.91 Å². The van der Waals surface area contributed by atoms with Crippen molar-refractivity contribution < 1.29 is 14.6 Å². The van der Waals surface area contributed by atoms with Crippen LogP contribution in [0.25, 0.3) is 0 Å². The molecule has 1 amide bonds. The lowest BCUT2D eigenvalue weighted by Gasteiger charge is -2.33. The van der Waals surface area contributed by atoms with E-state index in [1.165, 1.54) is 19.3 Å². The lowest BCUT2D eigenvalue weighted by Crippen LogP contribution is -2.42. The van der Waals surface area contributed by atoms with Gasteiger partial charge in [-0.15, -0.1) is 0 Å². The highest BCUT2D eigenvalue weighted by Gasteiger charge is 2.25. The smallest absolute Gasteiger partial charge is 0.257 e. The van der Waals surface area contributed by atoms with Crippen molar-refractivity contribution in [2.45, 2.75) is 51.2 Å². The van der Waals surface area contributed by atoms with Gasteiger partial charge in [0.15, 0.2) is 0 Å². The van der Waals surface area contributed by atoms with E-state index < -0.39 is 6.10 Å². The number of benzene rings is 1. The first-order valence-electron chi connectivity index (χ1n) is 9.58. The molecule has 2 saturated heterocycles. The maximum absolute atomic E-state index is 12.8. The standard InChI is InChI=1S/C20H30N2O3/c1-16-7-4-5-11-21(16)13-14-25-19-10-3-2-9-18(19)20(24)22-12-6-8-17(23)15-22/h2-3,9-10,16-17,23H,4-8,11-15H2,1H3/t16-,17+/m0/s1. The van der Waals surface area contributed by atoms with E-state index >= 15 is 0 Å². The Labute approximate surface area is 150 Å². The van der Waals surface area contributed by atoms with Crippen molar-refractivity contribution in [1.82, 2.24) is 9.80 Å². The Hall–Kier alpha value is -1.59. The van der Waals surface area contributed by atoms with E-state index in [0.717, 1.165) is 25.9 Å². The van der Waals surface area contributed by atoms with Crippen LogP contribution in [0.15, 0.2) is 24.3 Å². The minimum atomic E-state index is -0.411. The van der Waals surface area contributed by atoms with E-state index in [0.29, 0.717) is 37.1 Å². The quantitative estimate of drug-likeness (QED) is 0.890. The summed E-state index contributed by atoms with van der Waals surface area (Å²) in [6.45, 7) is 6.02. The highest BCUT2D eigenvalue weighted by atomic mass is 16.5.